The molecule has 138 valence electrons. The third-order valence-electron chi connectivity index (χ3n) is 5.42. The smallest absolute Gasteiger partial charge is 0.227 e. The molecule has 0 spiro atoms. The van der Waals surface area contributed by atoms with Crippen LogP contribution in [0.3, 0.4) is 0 Å². The number of aromatic amines is 1. The lowest BCUT2D eigenvalue weighted by atomic mass is 10.0. The predicted octanol–water partition coefficient (Wildman–Crippen LogP) is 4.10. The average Bonchev–Trinajstić information content (AvgIpc) is 3.20. The van der Waals surface area contributed by atoms with E-state index in [1.807, 2.05) is 18.2 Å². The molecule has 1 aromatic carbocycles. The summed E-state index contributed by atoms with van der Waals surface area (Å²) in [6.07, 6.45) is 6.49. The van der Waals surface area contributed by atoms with E-state index in [0.29, 0.717) is 11.7 Å². The van der Waals surface area contributed by atoms with Gasteiger partial charge in [0.15, 0.2) is 0 Å². The Kier molecular flexibility index (Phi) is 4.57. The molecule has 0 atom stereocenters. The van der Waals surface area contributed by atoms with Gasteiger partial charge in [-0.1, -0.05) is 12.8 Å². The van der Waals surface area contributed by atoms with Crippen LogP contribution in [0, 0.1) is 5.92 Å². The maximum atomic E-state index is 12.7. The molecule has 2 aromatic rings. The molecule has 2 aliphatic carbocycles. The SMILES string of the molecule is COc1ccc(-c2n[nH]c(C3CC3)c2NC(=O)C2CCCC2)c(OC)c1. The number of hydrogen-bond donors (Lipinski definition) is 2. The van der Waals surface area contributed by atoms with Crippen LogP contribution in [-0.4, -0.2) is 30.3 Å². The van der Waals surface area contributed by atoms with Crippen LogP contribution in [0.25, 0.3) is 11.3 Å². The van der Waals surface area contributed by atoms with Crippen LogP contribution < -0.4 is 14.8 Å². The van der Waals surface area contributed by atoms with Crippen LogP contribution in [0.4, 0.5) is 5.69 Å². The fourth-order valence-electron chi connectivity index (χ4n) is 3.75. The Hall–Kier alpha value is -2.50. The van der Waals surface area contributed by atoms with Gasteiger partial charge < -0.3 is 14.8 Å². The molecule has 4 rings (SSSR count). The number of carbonyl (C=O) groups excluding carboxylic acids is 1. The molecule has 2 aliphatic rings. The van der Waals surface area contributed by atoms with Gasteiger partial charge in [-0.25, -0.2) is 0 Å². The molecule has 1 amide bonds. The van der Waals surface area contributed by atoms with Crippen molar-refractivity contribution in [3.63, 3.8) is 0 Å². The van der Waals surface area contributed by atoms with Crippen LogP contribution in [0.5, 0.6) is 11.5 Å². The number of nitrogens with one attached hydrogen (secondary N) is 2. The summed E-state index contributed by atoms with van der Waals surface area (Å²) in [6.45, 7) is 0. The highest BCUT2D eigenvalue weighted by molar-refractivity contribution is 5.97. The van der Waals surface area contributed by atoms with Crippen molar-refractivity contribution in [2.45, 2.75) is 44.4 Å². The first kappa shape index (κ1) is 16.9. The molecule has 0 bridgehead atoms. The van der Waals surface area contributed by atoms with Gasteiger partial charge in [0.05, 0.1) is 25.6 Å². The van der Waals surface area contributed by atoms with Gasteiger partial charge in [-0.3, -0.25) is 9.89 Å². The van der Waals surface area contributed by atoms with Gasteiger partial charge in [0.1, 0.15) is 17.2 Å². The van der Waals surface area contributed by atoms with E-state index in [2.05, 4.69) is 15.5 Å². The van der Waals surface area contributed by atoms with Gasteiger partial charge in [-0.05, 0) is 37.8 Å². The first-order valence-electron chi connectivity index (χ1n) is 9.32. The number of rotatable bonds is 6. The first-order valence-corrected chi connectivity index (χ1v) is 9.32. The molecular formula is C20H25N3O3. The molecule has 6 nitrogen and oxygen atoms in total. The number of carbonyl (C=O) groups is 1. The van der Waals surface area contributed by atoms with Crippen LogP contribution in [0.2, 0.25) is 0 Å². The maximum absolute atomic E-state index is 12.7. The molecule has 6 heteroatoms. The van der Waals surface area contributed by atoms with E-state index < -0.39 is 0 Å². The molecular weight excluding hydrogens is 330 g/mol. The van der Waals surface area contributed by atoms with Gasteiger partial charge in [0.25, 0.3) is 0 Å². The van der Waals surface area contributed by atoms with Crippen molar-refractivity contribution in [3.05, 3.63) is 23.9 Å². The Balaban J connectivity index is 1.71. The van der Waals surface area contributed by atoms with E-state index >= 15 is 0 Å². The fraction of sp³-hybridized carbons (Fsp3) is 0.500. The molecule has 2 N–H and O–H groups in total. The molecule has 2 fully saturated rings. The Bertz CT molecular complexity index is 805. The lowest BCUT2D eigenvalue weighted by Crippen LogP contribution is -2.21. The highest BCUT2D eigenvalue weighted by Gasteiger charge is 2.33. The predicted molar refractivity (Wildman–Crippen MR) is 99.7 cm³/mol. The normalized spacial score (nSPS) is 17.3. The minimum Gasteiger partial charge on any atom is -0.497 e. The van der Waals surface area contributed by atoms with Crippen LogP contribution >= 0.6 is 0 Å². The molecule has 0 saturated heterocycles. The van der Waals surface area contributed by atoms with Crippen LogP contribution in [-0.2, 0) is 4.79 Å². The number of ether oxygens (including phenoxy) is 2. The van der Waals surface area contributed by atoms with Crippen molar-refractivity contribution in [1.82, 2.24) is 10.2 Å². The number of aromatic nitrogens is 2. The largest absolute Gasteiger partial charge is 0.497 e. The van der Waals surface area contributed by atoms with Crippen molar-refractivity contribution in [1.29, 1.82) is 0 Å². The average molecular weight is 355 g/mol. The van der Waals surface area contributed by atoms with Crippen molar-refractivity contribution in [2.75, 3.05) is 19.5 Å². The molecule has 0 aliphatic heterocycles. The molecule has 0 unspecified atom stereocenters. The molecule has 26 heavy (non-hydrogen) atoms. The maximum Gasteiger partial charge on any atom is 0.227 e. The van der Waals surface area contributed by atoms with E-state index in [1.54, 1.807) is 14.2 Å². The number of anilines is 1. The van der Waals surface area contributed by atoms with Gasteiger partial charge in [0, 0.05) is 23.5 Å². The van der Waals surface area contributed by atoms with E-state index in [4.69, 9.17) is 9.47 Å². The second-order valence-corrected chi connectivity index (χ2v) is 7.17. The van der Waals surface area contributed by atoms with Gasteiger partial charge in [-0.2, -0.15) is 5.10 Å². The van der Waals surface area contributed by atoms with E-state index in [0.717, 1.165) is 66.9 Å². The second-order valence-electron chi connectivity index (χ2n) is 7.17. The number of benzene rings is 1. The Morgan fingerprint density at radius 3 is 2.58 bits per heavy atom. The molecule has 1 heterocycles. The standard InChI is InChI=1S/C20H25N3O3/c1-25-14-9-10-15(16(11-14)26-2)18-19(17(22-23-18)12-7-8-12)21-20(24)13-5-3-4-6-13/h9-13H,3-8H2,1-2H3,(H,21,24)(H,22,23). The Morgan fingerprint density at radius 2 is 1.92 bits per heavy atom. The third-order valence-corrected chi connectivity index (χ3v) is 5.42. The summed E-state index contributed by atoms with van der Waals surface area (Å²) >= 11 is 0. The van der Waals surface area contributed by atoms with Crippen molar-refractivity contribution < 1.29 is 14.3 Å². The number of hydrogen-bond acceptors (Lipinski definition) is 4. The van der Waals surface area contributed by atoms with E-state index in [9.17, 15) is 4.79 Å². The molecule has 1 aromatic heterocycles. The van der Waals surface area contributed by atoms with E-state index in [-0.39, 0.29) is 11.8 Å². The Labute approximate surface area is 153 Å². The minimum atomic E-state index is 0.111. The summed E-state index contributed by atoms with van der Waals surface area (Å²) in [4.78, 5) is 12.7. The first-order chi connectivity index (χ1) is 12.7. The van der Waals surface area contributed by atoms with Gasteiger partial charge in [-0.15, -0.1) is 0 Å². The topological polar surface area (TPSA) is 76.2 Å². The summed E-state index contributed by atoms with van der Waals surface area (Å²) in [5.41, 5.74) is 3.42. The Morgan fingerprint density at radius 1 is 1.15 bits per heavy atom. The number of amides is 1. The number of H-pyrrole nitrogens is 1. The molecule has 2 saturated carbocycles. The summed E-state index contributed by atoms with van der Waals surface area (Å²) in [6, 6.07) is 5.64. The lowest BCUT2D eigenvalue weighted by Gasteiger charge is -2.14. The molecule has 0 radical (unpaired) electrons. The third kappa shape index (κ3) is 3.16. The summed E-state index contributed by atoms with van der Waals surface area (Å²) in [5, 5.41) is 10.9. The van der Waals surface area contributed by atoms with Crippen molar-refractivity contribution >= 4 is 11.6 Å². The summed E-state index contributed by atoms with van der Waals surface area (Å²) in [5.74, 6) is 2.08. The van der Waals surface area contributed by atoms with Crippen LogP contribution in [0.15, 0.2) is 18.2 Å². The zero-order valence-electron chi connectivity index (χ0n) is 15.3. The zero-order chi connectivity index (χ0) is 18.1. The van der Waals surface area contributed by atoms with Crippen LogP contribution in [0.1, 0.15) is 50.1 Å². The van der Waals surface area contributed by atoms with E-state index in [1.165, 1.54) is 0 Å². The fourth-order valence-corrected chi connectivity index (χ4v) is 3.75. The lowest BCUT2D eigenvalue weighted by molar-refractivity contribution is -0.119. The van der Waals surface area contributed by atoms with Crippen molar-refractivity contribution in [2.24, 2.45) is 5.92 Å². The van der Waals surface area contributed by atoms with Crippen molar-refractivity contribution in [3.8, 4) is 22.8 Å². The monoisotopic (exact) mass is 355 g/mol. The second kappa shape index (κ2) is 7.02. The quantitative estimate of drug-likeness (QED) is 0.818. The number of methoxy groups -OCH3 is 2. The summed E-state index contributed by atoms with van der Waals surface area (Å²) < 4.78 is 10.8. The summed E-state index contributed by atoms with van der Waals surface area (Å²) in [7, 11) is 3.25. The van der Waals surface area contributed by atoms with Gasteiger partial charge >= 0.3 is 0 Å². The highest BCUT2D eigenvalue weighted by atomic mass is 16.5. The van der Waals surface area contributed by atoms with Gasteiger partial charge in [0.2, 0.25) is 5.91 Å². The zero-order valence-corrected chi connectivity index (χ0v) is 15.3. The highest BCUT2D eigenvalue weighted by Crippen LogP contribution is 2.47. The number of nitrogens with zero attached hydrogens (tertiary/aromatic N) is 1. The minimum absolute atomic E-state index is 0.111.